The highest BCUT2D eigenvalue weighted by Gasteiger charge is 2.43. The van der Waals surface area contributed by atoms with Crippen LogP contribution in [0, 0.1) is 6.92 Å². The molecule has 0 saturated carbocycles. The van der Waals surface area contributed by atoms with Crippen molar-refractivity contribution in [2.45, 2.75) is 69.3 Å². The van der Waals surface area contributed by atoms with Gasteiger partial charge in [0.05, 0.1) is 6.42 Å². The Hall–Kier alpha value is -2.73. The number of benzene rings is 2. The van der Waals surface area contributed by atoms with E-state index in [1.54, 1.807) is 0 Å². The van der Waals surface area contributed by atoms with Crippen LogP contribution in [0.4, 0.5) is 0 Å². The van der Waals surface area contributed by atoms with Crippen molar-refractivity contribution < 1.29 is 24.5 Å². The Morgan fingerprint density at radius 1 is 1.16 bits per heavy atom. The lowest BCUT2D eigenvalue weighted by Crippen LogP contribution is -2.37. The van der Waals surface area contributed by atoms with Gasteiger partial charge in [0, 0.05) is 11.3 Å². The summed E-state index contributed by atoms with van der Waals surface area (Å²) in [4.78, 5) is 25.2. The molecule has 0 amide bonds. The molecule has 3 rings (SSSR count). The molecule has 6 heteroatoms. The molecule has 1 unspecified atom stereocenters. The number of unbranched alkanes of at least 4 members (excludes halogenated alkanes) is 1. The summed E-state index contributed by atoms with van der Waals surface area (Å²) in [5.41, 5.74) is 2.00. The zero-order valence-electron chi connectivity index (χ0n) is 18.8. The van der Waals surface area contributed by atoms with E-state index in [1.807, 2.05) is 49.4 Å². The molecule has 1 atom stereocenters. The molecule has 0 aromatic heterocycles. The molecule has 1 aliphatic heterocycles. The van der Waals surface area contributed by atoms with Crippen molar-refractivity contribution >= 4 is 23.7 Å². The van der Waals surface area contributed by atoms with E-state index in [4.69, 9.17) is 9.84 Å². The Kier molecular flexibility index (Phi) is 7.67. The normalized spacial score (nSPS) is 18.7. The molecule has 0 aliphatic carbocycles. The van der Waals surface area contributed by atoms with E-state index in [9.17, 15) is 14.7 Å². The summed E-state index contributed by atoms with van der Waals surface area (Å²) in [7, 11) is 0. The fourth-order valence-corrected chi connectivity index (χ4v) is 5.22. The lowest BCUT2D eigenvalue weighted by atomic mass is 9.83. The predicted molar refractivity (Wildman–Crippen MR) is 126 cm³/mol. The molecule has 32 heavy (non-hydrogen) atoms. The largest absolute Gasteiger partial charge is 0.511 e. The SMILES string of the molecule is Cc1ccc(C(C)C)c(SC2=C(O)CC(CCCCC(=O)O)(c3ccccc3)OC2=O)c1. The quantitative estimate of drug-likeness (QED) is 0.334. The third-order valence-electron chi connectivity index (χ3n) is 5.71. The van der Waals surface area contributed by atoms with E-state index >= 15 is 0 Å². The Balaban J connectivity index is 1.91. The average molecular weight is 455 g/mol. The number of ether oxygens (including phenoxy) is 1. The number of carbonyl (C=O) groups excluding carboxylic acids is 1. The summed E-state index contributed by atoms with van der Waals surface area (Å²) < 4.78 is 6.03. The zero-order chi connectivity index (χ0) is 23.3. The Morgan fingerprint density at radius 2 is 1.88 bits per heavy atom. The molecule has 0 fully saturated rings. The highest BCUT2D eigenvalue weighted by Crippen LogP contribution is 2.46. The number of aliphatic carboxylic acids is 1. The molecule has 0 spiro atoms. The number of cyclic esters (lactones) is 1. The number of esters is 1. The van der Waals surface area contributed by atoms with Crippen molar-refractivity contribution in [3.8, 4) is 0 Å². The minimum atomic E-state index is -1.00. The molecule has 5 nitrogen and oxygen atoms in total. The van der Waals surface area contributed by atoms with Crippen molar-refractivity contribution in [2.24, 2.45) is 0 Å². The minimum Gasteiger partial charge on any atom is -0.511 e. The summed E-state index contributed by atoms with van der Waals surface area (Å²) in [5.74, 6) is -1.10. The van der Waals surface area contributed by atoms with E-state index in [2.05, 4.69) is 19.9 Å². The highest BCUT2D eigenvalue weighted by atomic mass is 32.2. The van der Waals surface area contributed by atoms with Crippen molar-refractivity contribution in [2.75, 3.05) is 0 Å². The first-order chi connectivity index (χ1) is 15.2. The first kappa shape index (κ1) is 23.9. The van der Waals surface area contributed by atoms with Crippen molar-refractivity contribution in [1.82, 2.24) is 0 Å². The van der Waals surface area contributed by atoms with Gasteiger partial charge in [0.1, 0.15) is 16.3 Å². The van der Waals surface area contributed by atoms with E-state index in [-0.39, 0.29) is 29.4 Å². The lowest BCUT2D eigenvalue weighted by Gasteiger charge is -2.37. The lowest BCUT2D eigenvalue weighted by molar-refractivity contribution is -0.160. The maximum Gasteiger partial charge on any atom is 0.349 e. The van der Waals surface area contributed by atoms with Crippen molar-refractivity contribution in [3.05, 3.63) is 75.9 Å². The van der Waals surface area contributed by atoms with Crippen LogP contribution in [0.25, 0.3) is 0 Å². The molecule has 2 aromatic rings. The summed E-state index contributed by atoms with van der Waals surface area (Å²) in [5, 5.41) is 19.9. The Morgan fingerprint density at radius 3 is 2.50 bits per heavy atom. The summed E-state index contributed by atoms with van der Waals surface area (Å²) >= 11 is 1.26. The minimum absolute atomic E-state index is 0.0181. The van der Waals surface area contributed by atoms with Crippen LogP contribution in [0.15, 0.2) is 64.1 Å². The smallest absolute Gasteiger partial charge is 0.349 e. The molecule has 1 heterocycles. The third-order valence-corrected chi connectivity index (χ3v) is 6.89. The number of hydrogen-bond donors (Lipinski definition) is 2. The van der Waals surface area contributed by atoms with Crippen LogP contribution in [0.5, 0.6) is 0 Å². The van der Waals surface area contributed by atoms with E-state index in [0.29, 0.717) is 19.3 Å². The Labute approximate surface area is 193 Å². The zero-order valence-corrected chi connectivity index (χ0v) is 19.6. The summed E-state index contributed by atoms with van der Waals surface area (Å²) in [6.07, 6.45) is 1.72. The van der Waals surface area contributed by atoms with E-state index in [0.717, 1.165) is 21.6 Å². The van der Waals surface area contributed by atoms with E-state index in [1.165, 1.54) is 11.8 Å². The Bertz CT molecular complexity index is 1010. The van der Waals surface area contributed by atoms with Crippen LogP contribution in [-0.4, -0.2) is 22.2 Å². The van der Waals surface area contributed by atoms with Gasteiger partial charge in [0.25, 0.3) is 0 Å². The fourth-order valence-electron chi connectivity index (χ4n) is 4.02. The summed E-state index contributed by atoms with van der Waals surface area (Å²) in [6.45, 7) is 6.19. The molecule has 1 aliphatic rings. The number of carboxylic acids is 1. The number of carboxylic acid groups (broad SMARTS) is 1. The molecular formula is C26H30O5S. The summed E-state index contributed by atoms with van der Waals surface area (Å²) in [6, 6.07) is 15.5. The topological polar surface area (TPSA) is 83.8 Å². The first-order valence-corrected chi connectivity index (χ1v) is 11.7. The molecule has 2 N–H and O–H groups in total. The van der Waals surface area contributed by atoms with E-state index < -0.39 is 17.5 Å². The van der Waals surface area contributed by atoms with Gasteiger partial charge in [-0.1, -0.05) is 68.1 Å². The molecular weight excluding hydrogens is 424 g/mol. The molecule has 2 aromatic carbocycles. The van der Waals surface area contributed by atoms with Gasteiger partial charge in [0.15, 0.2) is 0 Å². The number of aryl methyl sites for hydroxylation is 1. The van der Waals surface area contributed by atoms with Gasteiger partial charge in [-0.3, -0.25) is 4.79 Å². The van der Waals surface area contributed by atoms with Gasteiger partial charge in [-0.2, -0.15) is 0 Å². The van der Waals surface area contributed by atoms with Crippen LogP contribution >= 0.6 is 11.8 Å². The van der Waals surface area contributed by atoms with Gasteiger partial charge in [-0.05, 0) is 54.9 Å². The first-order valence-electron chi connectivity index (χ1n) is 10.9. The predicted octanol–water partition coefficient (Wildman–Crippen LogP) is 6.47. The monoisotopic (exact) mass is 454 g/mol. The highest BCUT2D eigenvalue weighted by molar-refractivity contribution is 8.04. The molecule has 0 saturated heterocycles. The van der Waals surface area contributed by atoms with Crippen LogP contribution in [0.2, 0.25) is 0 Å². The van der Waals surface area contributed by atoms with Gasteiger partial charge in [0.2, 0.25) is 0 Å². The third kappa shape index (κ3) is 5.54. The molecule has 0 bridgehead atoms. The second-order valence-corrected chi connectivity index (χ2v) is 9.65. The maximum atomic E-state index is 13.1. The number of thioether (sulfide) groups is 1. The van der Waals surface area contributed by atoms with Crippen LogP contribution in [0.3, 0.4) is 0 Å². The van der Waals surface area contributed by atoms with Crippen molar-refractivity contribution in [1.29, 1.82) is 0 Å². The number of aliphatic hydroxyl groups excluding tert-OH is 1. The van der Waals surface area contributed by atoms with Crippen molar-refractivity contribution in [3.63, 3.8) is 0 Å². The maximum absolute atomic E-state index is 13.1. The number of hydrogen-bond acceptors (Lipinski definition) is 5. The van der Waals surface area contributed by atoms with Crippen LogP contribution < -0.4 is 0 Å². The van der Waals surface area contributed by atoms with Crippen LogP contribution in [-0.2, 0) is 19.9 Å². The molecule has 170 valence electrons. The number of rotatable bonds is 9. The second kappa shape index (κ2) is 10.3. The van der Waals surface area contributed by atoms with Gasteiger partial charge < -0.3 is 14.9 Å². The fraction of sp³-hybridized carbons (Fsp3) is 0.385. The standard InChI is InChI=1S/C26H30O5S/c1-17(2)20-13-12-18(3)15-22(20)32-24-21(27)16-26(31-25(24)30,14-8-7-11-23(28)29)19-9-5-4-6-10-19/h4-6,9-10,12-13,15,17,27H,7-8,11,14,16H2,1-3H3,(H,28,29). The second-order valence-electron chi connectivity index (χ2n) is 8.60. The van der Waals surface area contributed by atoms with Gasteiger partial charge in [-0.15, -0.1) is 0 Å². The van der Waals surface area contributed by atoms with Gasteiger partial charge in [-0.25, -0.2) is 4.79 Å². The number of carbonyl (C=O) groups is 2. The van der Waals surface area contributed by atoms with Crippen LogP contribution in [0.1, 0.15) is 68.6 Å². The molecule has 0 radical (unpaired) electrons. The number of aliphatic hydroxyl groups is 1. The average Bonchev–Trinajstić information content (AvgIpc) is 2.74. The van der Waals surface area contributed by atoms with Gasteiger partial charge >= 0.3 is 11.9 Å².